The molecule has 0 aromatic heterocycles. The van der Waals surface area contributed by atoms with Gasteiger partial charge in [0.25, 0.3) is 0 Å². The fourth-order valence-corrected chi connectivity index (χ4v) is 1.75. The summed E-state index contributed by atoms with van der Waals surface area (Å²) in [6.07, 6.45) is 1.55. The topological polar surface area (TPSA) is 90.9 Å². The van der Waals surface area contributed by atoms with Gasteiger partial charge in [0, 0.05) is 6.08 Å². The molecule has 0 unspecified atom stereocenters. The van der Waals surface area contributed by atoms with E-state index in [1.807, 2.05) is 0 Å². The van der Waals surface area contributed by atoms with Gasteiger partial charge in [-0.3, -0.25) is 4.79 Å². The predicted octanol–water partition coefficient (Wildman–Crippen LogP) is 2.50. The second kappa shape index (κ2) is 9.46. The minimum absolute atomic E-state index is 0.0364. The van der Waals surface area contributed by atoms with Crippen molar-refractivity contribution in [1.29, 1.82) is 0 Å². The van der Waals surface area contributed by atoms with E-state index in [9.17, 15) is 14.4 Å². The second-order valence-corrected chi connectivity index (χ2v) is 5.99. The van der Waals surface area contributed by atoms with Crippen LogP contribution in [0.2, 0.25) is 0 Å². The molecule has 7 heteroatoms. The molecule has 0 atom stereocenters. The first-order chi connectivity index (χ1) is 11.7. The third kappa shape index (κ3) is 8.01. The van der Waals surface area contributed by atoms with Gasteiger partial charge in [-0.2, -0.15) is 0 Å². The maximum Gasteiger partial charge on any atom is 0.407 e. The lowest BCUT2D eigenvalue weighted by atomic mass is 10.1. The van der Waals surface area contributed by atoms with Crippen LogP contribution in [0.5, 0.6) is 5.75 Å². The lowest BCUT2D eigenvalue weighted by molar-refractivity contribution is -0.137. The highest BCUT2D eigenvalue weighted by atomic mass is 16.6. The number of carbonyl (C=O) groups excluding carboxylic acids is 3. The molecule has 0 radical (unpaired) electrons. The normalized spacial score (nSPS) is 11.0. The highest BCUT2D eigenvalue weighted by Crippen LogP contribution is 2.18. The van der Waals surface area contributed by atoms with Crippen LogP contribution >= 0.6 is 0 Å². The summed E-state index contributed by atoms with van der Waals surface area (Å²) < 4.78 is 15.0. The quantitative estimate of drug-likeness (QED) is 0.352. The first-order valence-corrected chi connectivity index (χ1v) is 7.72. The number of hydrogen-bond acceptors (Lipinski definition) is 6. The summed E-state index contributed by atoms with van der Waals surface area (Å²) in [4.78, 5) is 35.0. The monoisotopic (exact) mass is 349 g/mol. The second-order valence-electron chi connectivity index (χ2n) is 5.99. The van der Waals surface area contributed by atoms with Crippen LogP contribution in [-0.2, 0) is 14.3 Å². The van der Waals surface area contributed by atoms with Crippen molar-refractivity contribution in [3.05, 3.63) is 42.0 Å². The molecule has 25 heavy (non-hydrogen) atoms. The van der Waals surface area contributed by atoms with E-state index in [0.717, 1.165) is 12.2 Å². The van der Waals surface area contributed by atoms with Crippen molar-refractivity contribution >= 4 is 17.8 Å². The van der Waals surface area contributed by atoms with E-state index in [1.54, 1.807) is 45.0 Å². The number of ether oxygens (including phenoxy) is 3. The Morgan fingerprint density at radius 3 is 2.44 bits per heavy atom. The third-order valence-electron chi connectivity index (χ3n) is 2.76. The Bertz CT molecular complexity index is 645. The van der Waals surface area contributed by atoms with Crippen LogP contribution in [0.25, 0.3) is 0 Å². The van der Waals surface area contributed by atoms with E-state index in [4.69, 9.17) is 14.2 Å². The number of amides is 1. The van der Waals surface area contributed by atoms with Gasteiger partial charge in [0.15, 0.2) is 5.78 Å². The average Bonchev–Trinajstić information content (AvgIpc) is 2.55. The molecule has 1 amide bonds. The van der Waals surface area contributed by atoms with Crippen molar-refractivity contribution in [2.24, 2.45) is 0 Å². The van der Waals surface area contributed by atoms with Crippen molar-refractivity contribution in [2.45, 2.75) is 26.4 Å². The van der Waals surface area contributed by atoms with Gasteiger partial charge in [-0.1, -0.05) is 12.1 Å². The van der Waals surface area contributed by atoms with Crippen molar-refractivity contribution in [2.75, 3.05) is 20.3 Å². The summed E-state index contributed by atoms with van der Waals surface area (Å²) in [5, 5.41) is 2.45. The molecule has 0 fully saturated rings. The summed E-state index contributed by atoms with van der Waals surface area (Å²) >= 11 is 0. The fourth-order valence-electron chi connectivity index (χ4n) is 1.75. The highest BCUT2D eigenvalue weighted by Gasteiger charge is 2.15. The van der Waals surface area contributed by atoms with Crippen LogP contribution in [0.1, 0.15) is 31.1 Å². The Hall–Kier alpha value is -2.83. The van der Waals surface area contributed by atoms with E-state index in [1.165, 1.54) is 7.11 Å². The Morgan fingerprint density at radius 1 is 1.12 bits per heavy atom. The number of ketones is 1. The molecule has 0 spiro atoms. The van der Waals surface area contributed by atoms with Gasteiger partial charge in [-0.25, -0.2) is 9.59 Å². The van der Waals surface area contributed by atoms with Crippen molar-refractivity contribution in [3.63, 3.8) is 0 Å². The number of allylic oxidation sites excluding steroid dienone is 1. The molecule has 0 saturated heterocycles. The van der Waals surface area contributed by atoms with Crippen LogP contribution in [-0.4, -0.2) is 43.7 Å². The summed E-state index contributed by atoms with van der Waals surface area (Å²) in [7, 11) is 1.46. The number of benzene rings is 1. The van der Waals surface area contributed by atoms with Gasteiger partial charge in [0.2, 0.25) is 0 Å². The van der Waals surface area contributed by atoms with E-state index in [2.05, 4.69) is 5.32 Å². The van der Waals surface area contributed by atoms with Gasteiger partial charge >= 0.3 is 12.1 Å². The zero-order valence-corrected chi connectivity index (χ0v) is 14.8. The highest BCUT2D eigenvalue weighted by molar-refractivity contribution is 6.08. The number of nitrogens with one attached hydrogen (secondary N) is 1. The molecule has 136 valence electrons. The van der Waals surface area contributed by atoms with E-state index < -0.39 is 17.7 Å². The Labute approximate surface area is 146 Å². The molecule has 1 aromatic carbocycles. The maximum atomic E-state index is 12.0. The molecule has 1 N–H and O–H groups in total. The van der Waals surface area contributed by atoms with Crippen molar-refractivity contribution < 1.29 is 28.6 Å². The van der Waals surface area contributed by atoms with E-state index >= 15 is 0 Å². The minimum Gasteiger partial charge on any atom is -0.496 e. The Kier molecular flexibility index (Phi) is 7.65. The zero-order chi connectivity index (χ0) is 18.9. The standard InChI is InChI=1S/C18H23NO6/c1-18(2,3)25-17(22)19-11-12-24-16(21)10-9-14(20)13-7-5-6-8-15(13)23-4/h5-10H,11-12H2,1-4H3,(H,19,22)/b10-9+. The number of esters is 1. The number of methoxy groups -OCH3 is 1. The number of para-hydroxylation sites is 1. The Balaban J connectivity index is 2.38. The maximum absolute atomic E-state index is 12.0. The van der Waals surface area contributed by atoms with Crippen LogP contribution in [0.4, 0.5) is 4.79 Å². The largest absolute Gasteiger partial charge is 0.496 e. The predicted molar refractivity (Wildman–Crippen MR) is 91.7 cm³/mol. The molecule has 0 aliphatic rings. The summed E-state index contributed by atoms with van der Waals surface area (Å²) in [6, 6.07) is 6.69. The van der Waals surface area contributed by atoms with Gasteiger partial charge < -0.3 is 19.5 Å². The first-order valence-electron chi connectivity index (χ1n) is 7.72. The molecule has 0 bridgehead atoms. The summed E-state index contributed by atoms with van der Waals surface area (Å²) in [6.45, 7) is 5.31. The van der Waals surface area contributed by atoms with E-state index in [-0.39, 0.29) is 18.9 Å². The van der Waals surface area contributed by atoms with Crippen LogP contribution in [0, 0.1) is 0 Å². The molecular formula is C18H23NO6. The van der Waals surface area contributed by atoms with Crippen LogP contribution in [0.3, 0.4) is 0 Å². The lowest BCUT2D eigenvalue weighted by Gasteiger charge is -2.19. The SMILES string of the molecule is COc1ccccc1C(=O)/C=C/C(=O)OCCNC(=O)OC(C)(C)C. The smallest absolute Gasteiger partial charge is 0.407 e. The number of carbonyl (C=O) groups is 3. The molecular weight excluding hydrogens is 326 g/mol. The first kappa shape index (κ1) is 20.2. The fraction of sp³-hybridized carbons (Fsp3) is 0.389. The third-order valence-corrected chi connectivity index (χ3v) is 2.76. The summed E-state index contributed by atoms with van der Waals surface area (Å²) in [5.41, 5.74) is -0.247. The van der Waals surface area contributed by atoms with Gasteiger partial charge in [-0.15, -0.1) is 0 Å². The van der Waals surface area contributed by atoms with Crippen LogP contribution in [0.15, 0.2) is 36.4 Å². The van der Waals surface area contributed by atoms with E-state index in [0.29, 0.717) is 11.3 Å². The Morgan fingerprint density at radius 2 is 1.80 bits per heavy atom. The minimum atomic E-state index is -0.686. The number of alkyl carbamates (subject to hydrolysis) is 1. The number of hydrogen-bond donors (Lipinski definition) is 1. The van der Waals surface area contributed by atoms with Gasteiger partial charge in [0.05, 0.1) is 19.2 Å². The van der Waals surface area contributed by atoms with Crippen molar-refractivity contribution in [3.8, 4) is 5.75 Å². The van der Waals surface area contributed by atoms with Crippen molar-refractivity contribution in [1.82, 2.24) is 5.32 Å². The van der Waals surface area contributed by atoms with Gasteiger partial charge in [-0.05, 0) is 39.0 Å². The summed E-state index contributed by atoms with van der Waals surface area (Å²) in [5.74, 6) is -0.636. The molecule has 1 rings (SSSR count). The number of rotatable bonds is 7. The van der Waals surface area contributed by atoms with Gasteiger partial charge in [0.1, 0.15) is 18.0 Å². The molecule has 1 aromatic rings. The zero-order valence-electron chi connectivity index (χ0n) is 14.8. The lowest BCUT2D eigenvalue weighted by Crippen LogP contribution is -2.34. The molecule has 0 saturated carbocycles. The molecule has 7 nitrogen and oxygen atoms in total. The molecule has 0 aliphatic carbocycles. The average molecular weight is 349 g/mol. The van der Waals surface area contributed by atoms with Crippen LogP contribution < -0.4 is 10.1 Å². The molecule has 0 aliphatic heterocycles. The molecule has 0 heterocycles.